The third-order valence-electron chi connectivity index (χ3n) is 14.6. The number of urea groups is 2. The molecule has 8 rings (SSSR count). The third kappa shape index (κ3) is 10.3. The molecular weight excluding hydrogens is 869 g/mol. The largest absolute Gasteiger partial charge is 0.396 e. The highest BCUT2D eigenvalue weighted by molar-refractivity contribution is 5.89. The molecule has 18 nitrogen and oxygen atoms in total. The maximum Gasteiger partial charge on any atom is 0.318 e. The predicted octanol–water partition coefficient (Wildman–Crippen LogP) is 2.35. The highest BCUT2D eigenvalue weighted by atomic mass is 16.3. The van der Waals surface area contributed by atoms with Crippen LogP contribution in [-0.2, 0) is 22.7 Å². The van der Waals surface area contributed by atoms with E-state index in [1.54, 1.807) is 43.2 Å². The minimum Gasteiger partial charge on any atom is -0.396 e. The Balaban J connectivity index is 0.000000201. The number of carbonyl (C=O) groups excluding carboxylic acids is 4. The monoisotopic (exact) mass is 943 g/mol. The molecule has 8 atom stereocenters. The molecule has 372 valence electrons. The van der Waals surface area contributed by atoms with Crippen molar-refractivity contribution in [1.29, 1.82) is 0 Å². The molecule has 18 heteroatoms. The number of likely N-dealkylation sites (tertiary alicyclic amines) is 4. The second-order valence-corrected chi connectivity index (χ2v) is 19.8. The molecule has 6 amide bonds. The van der Waals surface area contributed by atoms with Crippen molar-refractivity contribution in [1.82, 2.24) is 50.0 Å². The van der Waals surface area contributed by atoms with Gasteiger partial charge in [-0.3, -0.25) is 19.2 Å². The highest BCUT2D eigenvalue weighted by Crippen LogP contribution is 2.50. The fourth-order valence-corrected chi connectivity index (χ4v) is 11.6. The lowest BCUT2D eigenvalue weighted by Crippen LogP contribution is -2.54. The van der Waals surface area contributed by atoms with Gasteiger partial charge >= 0.3 is 12.1 Å². The number of fused-ring (bicyclic) bond motifs is 6. The van der Waals surface area contributed by atoms with E-state index in [-0.39, 0.29) is 72.1 Å². The van der Waals surface area contributed by atoms with Crippen molar-refractivity contribution in [2.75, 3.05) is 65.6 Å². The average molecular weight is 943 g/mol. The standard InChI is InChI=1S/2C25H37N5O4/c2*1-4-7-17-8-9-20-21-18(14-29(20)24(17)33)19(15-31)22(30(21)25(34)27-16(2)3)23(32)26-10-13-28-11-5-6-12-28/h2*4,7-9,16,18-19,21-22,31H,5-6,10-15H2,1-3H3,(H,26,32)(H,27,34)/b7-4+;7-4-/t2*18-,19-,21+,22-/m11/s1. The quantitative estimate of drug-likeness (QED) is 0.163. The number of rotatable bonds is 14. The number of allylic oxidation sites excluding steroid dienone is 2. The van der Waals surface area contributed by atoms with Crippen LogP contribution < -0.4 is 32.4 Å². The van der Waals surface area contributed by atoms with Crippen LogP contribution in [0.5, 0.6) is 0 Å². The summed E-state index contributed by atoms with van der Waals surface area (Å²) in [5.74, 6) is -1.84. The zero-order valence-corrected chi connectivity index (χ0v) is 40.7. The number of aromatic nitrogens is 2. The van der Waals surface area contributed by atoms with Crippen molar-refractivity contribution in [3.05, 3.63) is 79.6 Å². The van der Waals surface area contributed by atoms with E-state index in [0.717, 1.165) is 39.3 Å². The maximum absolute atomic E-state index is 13.4. The molecule has 6 aliphatic rings. The molecule has 2 aromatic rings. The second-order valence-electron chi connectivity index (χ2n) is 19.8. The molecule has 6 N–H and O–H groups in total. The first-order valence-electron chi connectivity index (χ1n) is 24.9. The number of nitrogens with one attached hydrogen (secondary N) is 4. The van der Waals surface area contributed by atoms with Gasteiger partial charge in [-0.15, -0.1) is 0 Å². The van der Waals surface area contributed by atoms with Crippen molar-refractivity contribution in [2.24, 2.45) is 23.7 Å². The molecule has 6 aliphatic heterocycles. The summed E-state index contributed by atoms with van der Waals surface area (Å²) in [5.41, 5.74) is 2.37. The molecule has 0 saturated carbocycles. The van der Waals surface area contributed by atoms with Gasteiger partial charge in [0.1, 0.15) is 12.1 Å². The van der Waals surface area contributed by atoms with E-state index in [9.17, 15) is 39.0 Å². The minimum atomic E-state index is -0.795. The number of carbonyl (C=O) groups is 4. The number of nitrogens with zero attached hydrogens (tertiary/aromatic N) is 6. The summed E-state index contributed by atoms with van der Waals surface area (Å²) in [7, 11) is 0. The van der Waals surface area contributed by atoms with Crippen molar-refractivity contribution in [3.63, 3.8) is 0 Å². The summed E-state index contributed by atoms with van der Waals surface area (Å²) < 4.78 is 3.40. The lowest BCUT2D eigenvalue weighted by atomic mass is 9.88. The molecule has 0 unspecified atom stereocenters. The molecular formula is C50H74N10O8. The smallest absolute Gasteiger partial charge is 0.318 e. The predicted molar refractivity (Wildman–Crippen MR) is 260 cm³/mol. The molecule has 0 radical (unpaired) electrons. The lowest BCUT2D eigenvalue weighted by molar-refractivity contribution is -0.127. The summed E-state index contributed by atoms with van der Waals surface area (Å²) in [6.45, 7) is 18.2. The van der Waals surface area contributed by atoms with Crippen molar-refractivity contribution >= 4 is 36.0 Å². The fraction of sp³-hybridized carbons (Fsp3) is 0.640. The number of aliphatic hydroxyl groups is 2. The number of pyridine rings is 2. The normalized spacial score (nSPS) is 26.3. The zero-order chi connectivity index (χ0) is 48.8. The lowest BCUT2D eigenvalue weighted by Gasteiger charge is -2.32. The summed E-state index contributed by atoms with van der Waals surface area (Å²) >= 11 is 0. The second kappa shape index (κ2) is 22.4. The van der Waals surface area contributed by atoms with Crippen LogP contribution in [0.1, 0.15) is 102 Å². The first kappa shape index (κ1) is 50.6. The van der Waals surface area contributed by atoms with Crippen molar-refractivity contribution < 1.29 is 29.4 Å². The molecule has 4 saturated heterocycles. The van der Waals surface area contributed by atoms with Crippen LogP contribution in [0.15, 0.2) is 46.0 Å². The van der Waals surface area contributed by atoms with E-state index < -0.39 is 36.0 Å². The average Bonchev–Trinajstić information content (AvgIpc) is 4.16. The Morgan fingerprint density at radius 1 is 0.618 bits per heavy atom. The van der Waals surface area contributed by atoms with E-state index in [1.165, 1.54) is 25.7 Å². The summed E-state index contributed by atoms with van der Waals surface area (Å²) in [6.07, 6.45) is 11.9. The number of hydrogen-bond donors (Lipinski definition) is 6. The van der Waals surface area contributed by atoms with Crippen molar-refractivity contribution in [2.45, 2.75) is 117 Å². The van der Waals surface area contributed by atoms with E-state index in [2.05, 4.69) is 31.1 Å². The first-order chi connectivity index (χ1) is 32.7. The third-order valence-corrected chi connectivity index (χ3v) is 14.6. The van der Waals surface area contributed by atoms with Crippen LogP contribution in [0, 0.1) is 23.7 Å². The highest BCUT2D eigenvalue weighted by Gasteiger charge is 2.59. The van der Waals surface area contributed by atoms with Gasteiger partial charge in [0, 0.05) is 111 Å². The van der Waals surface area contributed by atoms with Crippen LogP contribution in [-0.4, -0.2) is 153 Å². The van der Waals surface area contributed by atoms with E-state index in [4.69, 9.17) is 0 Å². The Labute approximate surface area is 399 Å². The SMILES string of the molecule is C/C=C/c1ccc2n(c1=O)C[C@@H]1[C@@H](CO)[C@H](C(=O)NCCN3CCCC3)N(C(=O)NC(C)C)[C@H]21.C/C=C\c1ccc2n(c1=O)C[C@@H]1[C@@H](CO)[C@H](C(=O)NCCN3CCCC3)N(C(=O)NC(C)C)[C@H]21. The van der Waals surface area contributed by atoms with Crippen LogP contribution >= 0.6 is 0 Å². The summed E-state index contributed by atoms with van der Waals surface area (Å²) in [6, 6.07) is 3.88. The van der Waals surface area contributed by atoms with Gasteiger partial charge in [0.25, 0.3) is 11.1 Å². The summed E-state index contributed by atoms with van der Waals surface area (Å²) in [4.78, 5) is 87.4. The fourth-order valence-electron chi connectivity index (χ4n) is 11.6. The molecule has 68 heavy (non-hydrogen) atoms. The van der Waals surface area contributed by atoms with Gasteiger partial charge in [-0.1, -0.05) is 24.3 Å². The molecule has 0 spiro atoms. The molecule has 2 aromatic heterocycles. The van der Waals surface area contributed by atoms with Gasteiger partial charge < -0.3 is 60.2 Å². The Morgan fingerprint density at radius 3 is 1.31 bits per heavy atom. The maximum atomic E-state index is 13.4. The number of amides is 6. The Hall–Kier alpha value is -5.30. The van der Waals surface area contributed by atoms with Gasteiger partial charge in [-0.2, -0.15) is 0 Å². The van der Waals surface area contributed by atoms with Gasteiger partial charge in [0.05, 0.1) is 12.1 Å². The van der Waals surface area contributed by atoms with Crippen LogP contribution in [0.2, 0.25) is 0 Å². The van der Waals surface area contributed by atoms with Crippen LogP contribution in [0.3, 0.4) is 0 Å². The molecule has 0 bridgehead atoms. The Morgan fingerprint density at radius 2 is 0.985 bits per heavy atom. The molecule has 0 aliphatic carbocycles. The Kier molecular flexibility index (Phi) is 16.7. The van der Waals surface area contributed by atoms with E-state index >= 15 is 0 Å². The number of hydrogen-bond acceptors (Lipinski definition) is 10. The zero-order valence-electron chi connectivity index (χ0n) is 40.7. The van der Waals surface area contributed by atoms with Crippen LogP contribution in [0.25, 0.3) is 12.2 Å². The topological polar surface area (TPSA) is 214 Å². The molecule has 8 heterocycles. The van der Waals surface area contributed by atoms with E-state index in [0.29, 0.717) is 48.7 Å². The number of aliphatic hydroxyl groups excluding tert-OH is 2. The minimum absolute atomic E-state index is 0.112. The Bertz CT molecular complexity index is 2150. The van der Waals surface area contributed by atoms with Gasteiger partial charge in [0.2, 0.25) is 11.8 Å². The molecule has 4 fully saturated rings. The molecule has 0 aromatic carbocycles. The van der Waals surface area contributed by atoms with Crippen LogP contribution in [0.4, 0.5) is 9.59 Å². The van der Waals surface area contributed by atoms with Gasteiger partial charge in [-0.05, 0) is 118 Å². The summed E-state index contributed by atoms with van der Waals surface area (Å²) in [5, 5.41) is 32.6. The van der Waals surface area contributed by atoms with E-state index in [1.807, 2.05) is 65.8 Å². The van der Waals surface area contributed by atoms with Gasteiger partial charge in [-0.25, -0.2) is 9.59 Å². The van der Waals surface area contributed by atoms with Gasteiger partial charge in [0.15, 0.2) is 0 Å². The first-order valence-corrected chi connectivity index (χ1v) is 24.9. The van der Waals surface area contributed by atoms with Crippen molar-refractivity contribution in [3.8, 4) is 0 Å².